The Morgan fingerprint density at radius 1 is 0.815 bits per heavy atom. The number of rotatable bonds is 8. The molecule has 0 aromatic heterocycles. The van der Waals surface area contributed by atoms with Gasteiger partial charge in [-0.3, -0.25) is 0 Å². The lowest BCUT2D eigenvalue weighted by Gasteiger charge is -2.16. The zero-order valence-corrected chi connectivity index (χ0v) is 14.9. The number of carbonyl (C=O) groups is 1. The van der Waals surface area contributed by atoms with Crippen LogP contribution in [0.15, 0.2) is 78.9 Å². The van der Waals surface area contributed by atoms with Gasteiger partial charge in [-0.2, -0.15) is 0 Å². The first-order valence-corrected chi connectivity index (χ1v) is 8.49. The Labute approximate surface area is 157 Å². The molecule has 0 bridgehead atoms. The fourth-order valence-electron chi connectivity index (χ4n) is 2.53. The van der Waals surface area contributed by atoms with E-state index in [2.05, 4.69) is 0 Å². The molecule has 0 aliphatic carbocycles. The number of aliphatic carboxylic acids is 1. The molecular weight excluding hydrogens is 344 g/mol. The maximum atomic E-state index is 11.6. The first kappa shape index (κ1) is 18.3. The summed E-state index contributed by atoms with van der Waals surface area (Å²) in [5, 5.41) is 9.47. The molecule has 1 atom stereocenters. The van der Waals surface area contributed by atoms with Crippen molar-refractivity contribution in [2.24, 2.45) is 0 Å². The van der Waals surface area contributed by atoms with Gasteiger partial charge in [0.25, 0.3) is 0 Å². The highest BCUT2D eigenvalue weighted by Crippen LogP contribution is 2.23. The summed E-state index contributed by atoms with van der Waals surface area (Å²) in [5.74, 6) is 1.58. The van der Waals surface area contributed by atoms with Crippen LogP contribution in [0.25, 0.3) is 0 Å². The Morgan fingerprint density at radius 2 is 1.37 bits per heavy atom. The SMILES string of the molecule is COc1ccc(O[C@H](Cc2ccc(Oc3ccccc3)cc2)C(=O)O)cc1. The Morgan fingerprint density at radius 3 is 1.96 bits per heavy atom. The summed E-state index contributed by atoms with van der Waals surface area (Å²) in [6, 6.07) is 23.6. The summed E-state index contributed by atoms with van der Waals surface area (Å²) in [6.45, 7) is 0. The molecule has 0 aliphatic heterocycles. The van der Waals surface area contributed by atoms with Crippen molar-refractivity contribution < 1.29 is 24.1 Å². The van der Waals surface area contributed by atoms with Crippen LogP contribution in [0, 0.1) is 0 Å². The lowest BCUT2D eigenvalue weighted by atomic mass is 10.1. The maximum Gasteiger partial charge on any atom is 0.345 e. The molecule has 0 aliphatic rings. The van der Waals surface area contributed by atoms with Crippen LogP contribution < -0.4 is 14.2 Å². The number of carboxylic acids is 1. The third-order valence-electron chi connectivity index (χ3n) is 3.94. The van der Waals surface area contributed by atoms with Gasteiger partial charge in [0.15, 0.2) is 6.10 Å². The van der Waals surface area contributed by atoms with E-state index < -0.39 is 12.1 Å². The minimum Gasteiger partial charge on any atom is -0.497 e. The van der Waals surface area contributed by atoms with E-state index in [-0.39, 0.29) is 6.42 Å². The molecular formula is C22H20O5. The van der Waals surface area contributed by atoms with E-state index in [9.17, 15) is 9.90 Å². The maximum absolute atomic E-state index is 11.6. The van der Waals surface area contributed by atoms with Crippen molar-refractivity contribution in [2.75, 3.05) is 7.11 Å². The number of hydrogen-bond donors (Lipinski definition) is 1. The number of ether oxygens (including phenoxy) is 3. The van der Waals surface area contributed by atoms with E-state index in [0.29, 0.717) is 17.2 Å². The summed E-state index contributed by atoms with van der Waals surface area (Å²) >= 11 is 0. The summed E-state index contributed by atoms with van der Waals surface area (Å²) < 4.78 is 16.4. The molecule has 0 radical (unpaired) electrons. The van der Waals surface area contributed by atoms with Crippen molar-refractivity contribution in [3.8, 4) is 23.0 Å². The minimum absolute atomic E-state index is 0.243. The molecule has 0 heterocycles. The molecule has 1 N–H and O–H groups in total. The minimum atomic E-state index is -1.02. The third-order valence-corrected chi connectivity index (χ3v) is 3.94. The highest BCUT2D eigenvalue weighted by molar-refractivity contribution is 5.73. The van der Waals surface area contributed by atoms with E-state index in [1.54, 1.807) is 31.4 Å². The van der Waals surface area contributed by atoms with Gasteiger partial charge in [-0.25, -0.2) is 4.79 Å². The van der Waals surface area contributed by atoms with Crippen molar-refractivity contribution >= 4 is 5.97 Å². The summed E-state index contributed by atoms with van der Waals surface area (Å²) in [6.07, 6.45) is -0.744. The number of carboxylic acid groups (broad SMARTS) is 1. The Bertz CT molecular complexity index is 857. The number of hydrogen-bond acceptors (Lipinski definition) is 4. The second-order valence-electron chi connectivity index (χ2n) is 5.88. The molecule has 5 nitrogen and oxygen atoms in total. The van der Waals surface area contributed by atoms with Crippen molar-refractivity contribution in [3.05, 3.63) is 84.4 Å². The van der Waals surface area contributed by atoms with Crippen LogP contribution in [0.1, 0.15) is 5.56 Å². The van der Waals surface area contributed by atoms with E-state index >= 15 is 0 Å². The van der Waals surface area contributed by atoms with Gasteiger partial charge in [-0.1, -0.05) is 30.3 Å². The molecule has 138 valence electrons. The first-order chi connectivity index (χ1) is 13.1. The zero-order chi connectivity index (χ0) is 19.1. The van der Waals surface area contributed by atoms with E-state index in [0.717, 1.165) is 11.3 Å². The Balaban J connectivity index is 1.64. The van der Waals surface area contributed by atoms with E-state index in [4.69, 9.17) is 14.2 Å². The molecule has 5 heteroatoms. The lowest BCUT2D eigenvalue weighted by molar-refractivity contribution is -0.145. The molecule has 3 rings (SSSR count). The number of para-hydroxylation sites is 1. The van der Waals surface area contributed by atoms with Gasteiger partial charge in [0.1, 0.15) is 23.0 Å². The molecule has 3 aromatic carbocycles. The number of methoxy groups -OCH3 is 1. The largest absolute Gasteiger partial charge is 0.497 e. The molecule has 0 fully saturated rings. The smallest absolute Gasteiger partial charge is 0.345 e. The highest BCUT2D eigenvalue weighted by Gasteiger charge is 2.20. The molecule has 0 saturated carbocycles. The summed E-state index contributed by atoms with van der Waals surface area (Å²) in [5.41, 5.74) is 0.844. The van der Waals surface area contributed by atoms with Crippen molar-refractivity contribution in [1.29, 1.82) is 0 Å². The van der Waals surface area contributed by atoms with Crippen molar-refractivity contribution in [2.45, 2.75) is 12.5 Å². The van der Waals surface area contributed by atoms with Crippen LogP contribution in [0.4, 0.5) is 0 Å². The van der Waals surface area contributed by atoms with E-state index in [1.807, 2.05) is 54.6 Å². The van der Waals surface area contributed by atoms with Crippen LogP contribution in [-0.4, -0.2) is 24.3 Å². The van der Waals surface area contributed by atoms with Crippen LogP contribution in [0.3, 0.4) is 0 Å². The van der Waals surface area contributed by atoms with Crippen LogP contribution >= 0.6 is 0 Å². The molecule has 0 unspecified atom stereocenters. The van der Waals surface area contributed by atoms with Gasteiger partial charge in [0.05, 0.1) is 7.11 Å². The van der Waals surface area contributed by atoms with Gasteiger partial charge in [0, 0.05) is 6.42 Å². The monoisotopic (exact) mass is 364 g/mol. The molecule has 0 saturated heterocycles. The average Bonchev–Trinajstić information content (AvgIpc) is 2.70. The van der Waals surface area contributed by atoms with E-state index in [1.165, 1.54) is 0 Å². The predicted molar refractivity (Wildman–Crippen MR) is 102 cm³/mol. The van der Waals surface area contributed by atoms with Crippen molar-refractivity contribution in [1.82, 2.24) is 0 Å². The predicted octanol–water partition coefficient (Wildman–Crippen LogP) is 4.56. The first-order valence-electron chi connectivity index (χ1n) is 8.49. The van der Waals surface area contributed by atoms with Gasteiger partial charge in [0.2, 0.25) is 0 Å². The topological polar surface area (TPSA) is 65.0 Å². The zero-order valence-electron chi connectivity index (χ0n) is 14.9. The average molecular weight is 364 g/mol. The van der Waals surface area contributed by atoms with Crippen LogP contribution in [0.5, 0.6) is 23.0 Å². The lowest BCUT2D eigenvalue weighted by Crippen LogP contribution is -2.29. The van der Waals surface area contributed by atoms with Crippen molar-refractivity contribution in [3.63, 3.8) is 0 Å². The normalized spacial score (nSPS) is 11.4. The Kier molecular flexibility index (Phi) is 5.94. The number of benzene rings is 3. The second kappa shape index (κ2) is 8.76. The molecule has 0 spiro atoms. The standard InChI is InChI=1S/C22H20O5/c1-25-17-11-13-20(14-12-17)27-21(22(23)24)15-16-7-9-19(10-8-16)26-18-5-3-2-4-6-18/h2-14,21H,15H2,1H3,(H,23,24)/t21-/m1/s1. The summed E-state index contributed by atoms with van der Waals surface area (Å²) in [7, 11) is 1.57. The van der Waals surface area contributed by atoms with Gasteiger partial charge < -0.3 is 19.3 Å². The molecule has 27 heavy (non-hydrogen) atoms. The fourth-order valence-corrected chi connectivity index (χ4v) is 2.53. The quantitative estimate of drug-likeness (QED) is 0.635. The molecule has 0 amide bonds. The highest BCUT2D eigenvalue weighted by atomic mass is 16.5. The summed E-state index contributed by atoms with van der Waals surface area (Å²) in [4.78, 5) is 11.6. The van der Waals surface area contributed by atoms with Crippen LogP contribution in [-0.2, 0) is 11.2 Å². The van der Waals surface area contributed by atoms with Gasteiger partial charge >= 0.3 is 5.97 Å². The third kappa shape index (κ3) is 5.25. The van der Waals surface area contributed by atoms with Gasteiger partial charge in [-0.15, -0.1) is 0 Å². The fraction of sp³-hybridized carbons (Fsp3) is 0.136. The molecule has 3 aromatic rings. The Hall–Kier alpha value is -3.47. The van der Waals surface area contributed by atoms with Crippen LogP contribution in [0.2, 0.25) is 0 Å². The second-order valence-corrected chi connectivity index (χ2v) is 5.88. The van der Waals surface area contributed by atoms with Gasteiger partial charge in [-0.05, 0) is 54.1 Å².